The number of methoxy groups -OCH3 is 1. The monoisotopic (exact) mass is 302 g/mol. The first-order chi connectivity index (χ1) is 9.70. The highest BCUT2D eigenvalue weighted by molar-refractivity contribution is 7.99. The maximum absolute atomic E-state index is 10.9. The van der Waals surface area contributed by atoms with E-state index < -0.39 is 11.7 Å². The van der Waals surface area contributed by atoms with Gasteiger partial charge in [-0.3, -0.25) is 0 Å². The van der Waals surface area contributed by atoms with Crippen molar-refractivity contribution in [1.82, 2.24) is 0 Å². The predicted molar refractivity (Wildman–Crippen MR) is 79.1 cm³/mol. The molecular weight excluding hydrogens is 276 g/mol. The van der Waals surface area contributed by atoms with E-state index in [1.165, 1.54) is 5.75 Å². The summed E-state index contributed by atoms with van der Waals surface area (Å²) in [6.45, 7) is 2.16. The maximum Gasteiger partial charge on any atom is 0.0982 e. The van der Waals surface area contributed by atoms with Gasteiger partial charge in [0.2, 0.25) is 0 Å². The molecule has 1 spiro atoms. The fourth-order valence-corrected chi connectivity index (χ4v) is 5.34. The normalized spacial score (nSPS) is 39.0. The zero-order valence-corrected chi connectivity index (χ0v) is 13.1. The highest BCUT2D eigenvalue weighted by Crippen LogP contribution is 2.44. The van der Waals surface area contributed by atoms with Crippen LogP contribution in [0, 0.1) is 5.92 Å². The second kappa shape index (κ2) is 6.13. The van der Waals surface area contributed by atoms with E-state index in [1.807, 2.05) is 11.8 Å². The highest BCUT2D eigenvalue weighted by atomic mass is 32.2. The molecule has 0 amide bonds. The summed E-state index contributed by atoms with van der Waals surface area (Å²) in [7, 11) is 1.73. The van der Waals surface area contributed by atoms with Crippen molar-refractivity contribution in [3.63, 3.8) is 0 Å². The number of aliphatic hydroxyl groups excluding tert-OH is 1. The molecule has 0 saturated carbocycles. The summed E-state index contributed by atoms with van der Waals surface area (Å²) in [5.74, 6) is 2.56. The Kier molecular flexibility index (Phi) is 4.63. The fourth-order valence-electron chi connectivity index (χ4n) is 3.97. The topological polar surface area (TPSA) is 47.9 Å². The Balaban J connectivity index is 1.70. The molecule has 3 atom stereocenters. The van der Waals surface area contributed by atoms with Gasteiger partial charge >= 0.3 is 0 Å². The van der Waals surface area contributed by atoms with Gasteiger partial charge < -0.3 is 19.3 Å². The summed E-state index contributed by atoms with van der Waals surface area (Å²) in [6, 6.07) is 0. The van der Waals surface area contributed by atoms with E-state index in [0.29, 0.717) is 19.1 Å². The second-order valence-corrected chi connectivity index (χ2v) is 7.52. The van der Waals surface area contributed by atoms with Gasteiger partial charge in [-0.1, -0.05) is 0 Å². The first-order valence-corrected chi connectivity index (χ1v) is 8.88. The van der Waals surface area contributed by atoms with Crippen LogP contribution in [0.1, 0.15) is 32.1 Å². The van der Waals surface area contributed by atoms with Crippen LogP contribution in [0.5, 0.6) is 0 Å². The molecule has 0 aromatic heterocycles. The highest BCUT2D eigenvalue weighted by Gasteiger charge is 2.48. The molecule has 3 rings (SSSR count). The van der Waals surface area contributed by atoms with Crippen molar-refractivity contribution >= 4 is 11.8 Å². The van der Waals surface area contributed by atoms with Crippen LogP contribution in [0.15, 0.2) is 0 Å². The minimum atomic E-state index is -0.410. The molecule has 3 saturated heterocycles. The molecule has 116 valence electrons. The first-order valence-electron chi connectivity index (χ1n) is 7.72. The van der Waals surface area contributed by atoms with Crippen molar-refractivity contribution in [2.24, 2.45) is 5.92 Å². The minimum absolute atomic E-state index is 0.0225. The smallest absolute Gasteiger partial charge is 0.0982 e. The number of hydrogen-bond acceptors (Lipinski definition) is 5. The van der Waals surface area contributed by atoms with Gasteiger partial charge in [0.25, 0.3) is 0 Å². The average Bonchev–Trinajstić information content (AvgIpc) is 2.95. The lowest BCUT2D eigenvalue weighted by Gasteiger charge is -2.47. The Morgan fingerprint density at radius 1 is 1.25 bits per heavy atom. The third-order valence-electron chi connectivity index (χ3n) is 5.33. The molecule has 3 fully saturated rings. The van der Waals surface area contributed by atoms with E-state index in [9.17, 15) is 5.11 Å². The van der Waals surface area contributed by atoms with Crippen LogP contribution in [0.25, 0.3) is 0 Å². The molecule has 3 aliphatic rings. The molecule has 3 aliphatic heterocycles. The number of rotatable bonds is 3. The summed E-state index contributed by atoms with van der Waals surface area (Å²) in [5, 5.41) is 10.9. The minimum Gasteiger partial charge on any atom is -0.390 e. The lowest BCUT2D eigenvalue weighted by Crippen LogP contribution is -2.54. The van der Waals surface area contributed by atoms with Gasteiger partial charge in [-0.05, 0) is 30.9 Å². The maximum atomic E-state index is 10.9. The van der Waals surface area contributed by atoms with E-state index in [4.69, 9.17) is 14.2 Å². The average molecular weight is 302 g/mol. The van der Waals surface area contributed by atoms with Crippen LogP contribution in [-0.2, 0) is 14.2 Å². The molecule has 0 bridgehead atoms. The molecule has 4 nitrogen and oxygen atoms in total. The lowest BCUT2D eigenvalue weighted by atomic mass is 9.74. The van der Waals surface area contributed by atoms with Gasteiger partial charge in [0.15, 0.2) is 0 Å². The van der Waals surface area contributed by atoms with Crippen LogP contribution in [0.3, 0.4) is 0 Å². The van der Waals surface area contributed by atoms with Crippen molar-refractivity contribution < 1.29 is 19.3 Å². The van der Waals surface area contributed by atoms with Crippen LogP contribution in [0.2, 0.25) is 0 Å². The molecule has 0 aliphatic carbocycles. The Morgan fingerprint density at radius 3 is 2.70 bits per heavy atom. The zero-order chi connectivity index (χ0) is 14.1. The van der Waals surface area contributed by atoms with Crippen LogP contribution in [0.4, 0.5) is 0 Å². The third-order valence-corrected chi connectivity index (χ3v) is 6.55. The van der Waals surface area contributed by atoms with Gasteiger partial charge in [-0.2, -0.15) is 11.8 Å². The Bertz CT molecular complexity index is 324. The van der Waals surface area contributed by atoms with E-state index in [2.05, 4.69) is 0 Å². The SMILES string of the molecule is COC1(C(O)C2CCOC3(CCSC3)C2)CCOCC1. The van der Waals surface area contributed by atoms with Gasteiger partial charge in [0, 0.05) is 45.5 Å². The number of hydrogen-bond donors (Lipinski definition) is 1. The lowest BCUT2D eigenvalue weighted by molar-refractivity contribution is -0.188. The number of aliphatic hydroxyl groups is 1. The van der Waals surface area contributed by atoms with E-state index >= 15 is 0 Å². The largest absolute Gasteiger partial charge is 0.390 e. The van der Waals surface area contributed by atoms with Crippen molar-refractivity contribution in [3.05, 3.63) is 0 Å². The van der Waals surface area contributed by atoms with E-state index in [0.717, 1.165) is 44.5 Å². The van der Waals surface area contributed by atoms with Crippen molar-refractivity contribution in [3.8, 4) is 0 Å². The van der Waals surface area contributed by atoms with Crippen molar-refractivity contribution in [2.75, 3.05) is 38.4 Å². The molecule has 3 heterocycles. The molecule has 3 unspecified atom stereocenters. The van der Waals surface area contributed by atoms with Gasteiger partial charge in [-0.25, -0.2) is 0 Å². The number of ether oxygens (including phenoxy) is 3. The van der Waals surface area contributed by atoms with Gasteiger partial charge in [0.1, 0.15) is 0 Å². The molecule has 5 heteroatoms. The van der Waals surface area contributed by atoms with E-state index in [1.54, 1.807) is 7.11 Å². The van der Waals surface area contributed by atoms with Crippen molar-refractivity contribution in [2.45, 2.75) is 49.4 Å². The summed E-state index contributed by atoms with van der Waals surface area (Å²) in [4.78, 5) is 0. The van der Waals surface area contributed by atoms with Crippen molar-refractivity contribution in [1.29, 1.82) is 0 Å². The second-order valence-electron chi connectivity index (χ2n) is 6.41. The zero-order valence-electron chi connectivity index (χ0n) is 12.3. The summed E-state index contributed by atoms with van der Waals surface area (Å²) in [6.07, 6.45) is 4.24. The molecular formula is C15H26O4S. The van der Waals surface area contributed by atoms with Gasteiger partial charge in [0.05, 0.1) is 17.3 Å². The molecule has 0 radical (unpaired) electrons. The van der Waals surface area contributed by atoms with Crippen LogP contribution < -0.4 is 0 Å². The molecule has 0 aromatic carbocycles. The quantitative estimate of drug-likeness (QED) is 0.862. The van der Waals surface area contributed by atoms with E-state index in [-0.39, 0.29) is 5.60 Å². The Morgan fingerprint density at radius 2 is 2.05 bits per heavy atom. The number of thioether (sulfide) groups is 1. The molecule has 1 N–H and O–H groups in total. The van der Waals surface area contributed by atoms with Crippen LogP contribution >= 0.6 is 11.8 Å². The standard InChI is InChI=1S/C15H26O4S/c1-17-15(3-7-18-8-4-15)13(16)12-2-6-19-14(10-12)5-9-20-11-14/h12-13,16H,2-11H2,1H3. The first kappa shape index (κ1) is 15.1. The molecule has 0 aromatic rings. The van der Waals surface area contributed by atoms with Gasteiger partial charge in [-0.15, -0.1) is 0 Å². The Hall–Kier alpha value is 0.190. The summed E-state index contributed by atoms with van der Waals surface area (Å²) >= 11 is 1.98. The predicted octanol–water partition coefficient (Wildman–Crippen LogP) is 1.85. The Labute approximate surface area is 125 Å². The third kappa shape index (κ3) is 2.75. The summed E-state index contributed by atoms with van der Waals surface area (Å²) in [5.41, 5.74) is -0.387. The summed E-state index contributed by atoms with van der Waals surface area (Å²) < 4.78 is 17.3. The van der Waals surface area contributed by atoms with Crippen LogP contribution in [-0.4, -0.2) is 60.8 Å². The fraction of sp³-hybridized carbons (Fsp3) is 1.00. The molecule has 20 heavy (non-hydrogen) atoms.